The number of para-hydroxylation sites is 2. The van der Waals surface area contributed by atoms with Gasteiger partial charge in [-0.2, -0.15) is 0 Å². The summed E-state index contributed by atoms with van der Waals surface area (Å²) < 4.78 is 15.4. The van der Waals surface area contributed by atoms with E-state index >= 15 is 0 Å². The quantitative estimate of drug-likeness (QED) is 0.173. The molecule has 5 nitrogen and oxygen atoms in total. The summed E-state index contributed by atoms with van der Waals surface area (Å²) in [6.07, 6.45) is 10.5. The number of fused-ring (bicyclic) bond motifs is 10. The molecule has 2 aliphatic carbocycles. The van der Waals surface area contributed by atoms with Gasteiger partial charge in [0.1, 0.15) is 28.3 Å². The topological polar surface area (TPSA) is 65.0 Å². The zero-order valence-corrected chi connectivity index (χ0v) is 33.7. The van der Waals surface area contributed by atoms with E-state index in [0.29, 0.717) is 11.6 Å². The van der Waals surface area contributed by atoms with Gasteiger partial charge in [0.15, 0.2) is 11.6 Å². The van der Waals surface area contributed by atoms with Crippen LogP contribution in [0.1, 0.15) is 52.1 Å². The summed E-state index contributed by atoms with van der Waals surface area (Å²) in [6.45, 7) is 0. The highest BCUT2D eigenvalue weighted by Gasteiger charge is 2.28. The minimum absolute atomic E-state index is 0.0178. The Hall–Kier alpha value is -7.41. The van der Waals surface area contributed by atoms with E-state index in [1.54, 1.807) is 11.3 Å². The van der Waals surface area contributed by atoms with Crippen LogP contribution in [0.2, 0.25) is 0 Å². The minimum atomic E-state index is 0.0178. The molecule has 61 heavy (non-hydrogen) atoms. The second-order valence-corrected chi connectivity index (χ2v) is 17.2. The second-order valence-electron chi connectivity index (χ2n) is 16.2. The van der Waals surface area contributed by atoms with E-state index in [4.69, 9.17) is 23.8 Å². The smallest absolute Gasteiger partial charge is 0.165 e. The molecule has 7 aromatic carbocycles. The first-order chi connectivity index (χ1) is 30.2. The number of rotatable bonds is 5. The number of hydrogen-bond donors (Lipinski definition) is 0. The number of nitrogens with zero attached hydrogens (tertiary/aromatic N) is 3. The molecule has 11 aromatic rings. The Kier molecular flexibility index (Phi) is 7.66. The Balaban J connectivity index is 0.958. The maximum absolute atomic E-state index is 6.62. The van der Waals surface area contributed by atoms with Crippen LogP contribution in [0.25, 0.3) is 99.1 Å². The van der Waals surface area contributed by atoms with Crippen molar-refractivity contribution in [2.45, 2.75) is 24.7 Å². The Bertz CT molecular complexity index is 3620. The summed E-state index contributed by atoms with van der Waals surface area (Å²) in [6, 6.07) is 53.7. The van der Waals surface area contributed by atoms with E-state index < -0.39 is 0 Å². The average molecular weight is 802 g/mol. The van der Waals surface area contributed by atoms with Gasteiger partial charge in [0.2, 0.25) is 0 Å². The van der Waals surface area contributed by atoms with Gasteiger partial charge in [0.05, 0.1) is 0 Å². The van der Waals surface area contributed by atoms with Gasteiger partial charge in [0.25, 0.3) is 0 Å². The summed E-state index contributed by atoms with van der Waals surface area (Å²) in [5.74, 6) is 3.20. The van der Waals surface area contributed by atoms with Crippen LogP contribution < -0.4 is 0 Å². The molecule has 0 saturated heterocycles. The molecule has 13 rings (SSSR count). The molecule has 0 bridgehead atoms. The third kappa shape index (κ3) is 5.56. The van der Waals surface area contributed by atoms with Crippen LogP contribution in [-0.2, 0) is 6.42 Å². The van der Waals surface area contributed by atoms with Gasteiger partial charge in [-0.05, 0) is 83.1 Å². The predicted molar refractivity (Wildman–Crippen MR) is 250 cm³/mol. The lowest BCUT2D eigenvalue weighted by Crippen LogP contribution is -2.12. The number of hydrogen-bond acceptors (Lipinski definition) is 6. The van der Waals surface area contributed by atoms with E-state index in [-0.39, 0.29) is 11.8 Å². The lowest BCUT2D eigenvalue weighted by Gasteiger charge is -2.20. The molecule has 0 amide bonds. The monoisotopic (exact) mass is 801 g/mol. The van der Waals surface area contributed by atoms with Crippen LogP contribution in [0.5, 0.6) is 0 Å². The first-order valence-electron chi connectivity index (χ1n) is 20.9. The van der Waals surface area contributed by atoms with Gasteiger partial charge in [-0.15, -0.1) is 11.3 Å². The van der Waals surface area contributed by atoms with Gasteiger partial charge in [-0.1, -0.05) is 133 Å². The third-order valence-electron chi connectivity index (χ3n) is 12.6. The van der Waals surface area contributed by atoms with Crippen molar-refractivity contribution >= 4 is 76.6 Å². The van der Waals surface area contributed by atoms with Crippen LogP contribution in [0.4, 0.5) is 0 Å². The molecule has 2 atom stereocenters. The van der Waals surface area contributed by atoms with Crippen LogP contribution >= 0.6 is 11.3 Å². The molecule has 0 radical (unpaired) electrons. The van der Waals surface area contributed by atoms with Crippen molar-refractivity contribution in [2.24, 2.45) is 0 Å². The predicted octanol–water partition coefficient (Wildman–Crippen LogP) is 14.8. The molecular weight excluding hydrogens is 767 g/mol. The van der Waals surface area contributed by atoms with E-state index in [9.17, 15) is 0 Å². The van der Waals surface area contributed by atoms with Gasteiger partial charge < -0.3 is 8.83 Å². The SMILES string of the molecule is C1=Cc2oc3ccccc3c2C(c2cc(-c3ccc(-c4nc(-c5cccc6c5sc5ccccc56)nc(C5C=Cc6ccccc6C5)n4)cc3)c3c(c2)oc2ccccc23)C1. The van der Waals surface area contributed by atoms with Crippen molar-refractivity contribution in [2.75, 3.05) is 0 Å². The highest BCUT2D eigenvalue weighted by Crippen LogP contribution is 2.46. The Morgan fingerprint density at radius 1 is 0.557 bits per heavy atom. The fourth-order valence-corrected chi connectivity index (χ4v) is 10.9. The second kappa shape index (κ2) is 13.6. The third-order valence-corrected chi connectivity index (χ3v) is 13.9. The Morgan fingerprint density at radius 2 is 1.30 bits per heavy atom. The van der Waals surface area contributed by atoms with Crippen molar-refractivity contribution in [3.63, 3.8) is 0 Å². The summed E-state index contributed by atoms with van der Waals surface area (Å²) in [5, 5.41) is 5.85. The first-order valence-corrected chi connectivity index (χ1v) is 21.7. The van der Waals surface area contributed by atoms with E-state index in [1.807, 2.05) is 12.1 Å². The average Bonchev–Trinajstić information content (AvgIpc) is 4.02. The van der Waals surface area contributed by atoms with Gasteiger partial charge in [-0.3, -0.25) is 0 Å². The molecule has 2 aliphatic rings. The number of thiophene rings is 1. The fourth-order valence-electron chi connectivity index (χ4n) is 9.72. The number of allylic oxidation sites excluding steroid dienone is 2. The first kappa shape index (κ1) is 34.5. The van der Waals surface area contributed by atoms with Crippen LogP contribution in [0, 0.1) is 0 Å². The highest BCUT2D eigenvalue weighted by atomic mass is 32.1. The molecule has 0 N–H and O–H groups in total. The maximum atomic E-state index is 6.62. The lowest BCUT2D eigenvalue weighted by molar-refractivity contribution is 0.589. The largest absolute Gasteiger partial charge is 0.456 e. The van der Waals surface area contributed by atoms with E-state index in [0.717, 1.165) is 79.6 Å². The van der Waals surface area contributed by atoms with Crippen molar-refractivity contribution in [3.8, 4) is 33.9 Å². The highest BCUT2D eigenvalue weighted by molar-refractivity contribution is 7.26. The van der Waals surface area contributed by atoms with Crippen molar-refractivity contribution in [3.05, 3.63) is 198 Å². The van der Waals surface area contributed by atoms with Crippen LogP contribution in [0.3, 0.4) is 0 Å². The van der Waals surface area contributed by atoms with Gasteiger partial charge in [0, 0.05) is 64.9 Å². The molecular formula is C55H35N3O2S. The maximum Gasteiger partial charge on any atom is 0.165 e. The van der Waals surface area contributed by atoms with Crippen molar-refractivity contribution in [1.82, 2.24) is 15.0 Å². The Morgan fingerprint density at radius 3 is 2.20 bits per heavy atom. The number of benzene rings is 7. The summed E-state index contributed by atoms with van der Waals surface area (Å²) in [4.78, 5) is 15.8. The molecule has 0 aliphatic heterocycles. The molecule has 0 fully saturated rings. The fraction of sp³-hybridized carbons (Fsp3) is 0.0727. The molecule has 4 aromatic heterocycles. The van der Waals surface area contributed by atoms with Crippen molar-refractivity contribution < 1.29 is 8.83 Å². The molecule has 6 heteroatoms. The van der Waals surface area contributed by atoms with Gasteiger partial charge >= 0.3 is 0 Å². The van der Waals surface area contributed by atoms with Crippen LogP contribution in [-0.4, -0.2) is 15.0 Å². The molecule has 4 heterocycles. The van der Waals surface area contributed by atoms with Crippen LogP contribution in [0.15, 0.2) is 173 Å². The summed E-state index contributed by atoms with van der Waals surface area (Å²) in [5.41, 5.74) is 11.9. The zero-order chi connectivity index (χ0) is 40.0. The molecule has 2 unspecified atom stereocenters. The molecule has 0 spiro atoms. The number of aromatic nitrogens is 3. The lowest BCUT2D eigenvalue weighted by atomic mass is 9.82. The summed E-state index contributed by atoms with van der Waals surface area (Å²) >= 11 is 1.80. The standard InChI is InChI=1S/C55H35N3O2S/c1-2-12-35-29-36(28-23-32(35)11-1)54-56-53(57-55(58-54)43-18-9-17-40-39-13-5-8-22-49(39)61-52(40)43)34-26-24-33(25-27-34)44-30-37(31-48-51(44)42-15-4-7-20-46(42)60-48)38-16-10-21-47-50(38)41-14-3-6-19-45(41)59-47/h1-15,17-28,30-31,36,38H,16,29H2. The molecule has 0 saturated carbocycles. The normalized spacial score (nSPS) is 15.9. The number of furan rings is 2. The Labute approximate surface area is 355 Å². The minimum Gasteiger partial charge on any atom is -0.456 e. The van der Waals surface area contributed by atoms with E-state index in [2.05, 4.69) is 164 Å². The van der Waals surface area contributed by atoms with E-state index in [1.165, 1.54) is 42.4 Å². The van der Waals surface area contributed by atoms with Crippen molar-refractivity contribution in [1.29, 1.82) is 0 Å². The zero-order valence-electron chi connectivity index (χ0n) is 32.9. The molecule has 288 valence electrons. The summed E-state index contributed by atoms with van der Waals surface area (Å²) in [7, 11) is 0. The van der Waals surface area contributed by atoms with Gasteiger partial charge in [-0.25, -0.2) is 15.0 Å².